The van der Waals surface area contributed by atoms with Crippen molar-refractivity contribution in [1.82, 2.24) is 9.97 Å². The predicted octanol–water partition coefficient (Wildman–Crippen LogP) is 6.02. The van der Waals surface area contributed by atoms with E-state index in [0.29, 0.717) is 10.3 Å². The Hall–Kier alpha value is -0.650. The molecule has 0 saturated carbocycles. The first-order valence-electron chi connectivity index (χ1n) is 7.76. The first kappa shape index (κ1) is 18.7. The van der Waals surface area contributed by atoms with Crippen LogP contribution < -0.4 is 0 Å². The van der Waals surface area contributed by atoms with Gasteiger partial charge in [0.05, 0.1) is 11.4 Å². The quantitative estimate of drug-likeness (QED) is 0.343. The van der Waals surface area contributed by atoms with Crippen molar-refractivity contribution in [3.8, 4) is 0 Å². The lowest BCUT2D eigenvalue weighted by Crippen LogP contribution is -2.17. The van der Waals surface area contributed by atoms with E-state index in [0.717, 1.165) is 44.8 Å². The molecule has 1 unspecified atom stereocenters. The van der Waals surface area contributed by atoms with Crippen molar-refractivity contribution in [2.24, 2.45) is 4.99 Å². The highest BCUT2D eigenvalue weighted by Crippen LogP contribution is 2.41. The minimum absolute atomic E-state index is 0.247. The highest BCUT2D eigenvalue weighted by atomic mass is 79.9. The molecular weight excluding hydrogens is 394 g/mol. The second-order valence-corrected chi connectivity index (χ2v) is 7.71. The smallest absolute Gasteiger partial charge is 0.189 e. The Kier molecular flexibility index (Phi) is 6.46. The first-order valence-corrected chi connectivity index (χ1v) is 9.92. The Morgan fingerprint density at radius 1 is 1.35 bits per heavy atom. The molecule has 1 aromatic heterocycles. The summed E-state index contributed by atoms with van der Waals surface area (Å²) in [7, 11) is 0. The number of hydrogen-bond acceptors (Lipinski definition) is 4. The van der Waals surface area contributed by atoms with Crippen LogP contribution in [0.4, 0.5) is 0 Å². The van der Waals surface area contributed by atoms with Gasteiger partial charge in [-0.05, 0) is 54.4 Å². The Labute approximate surface area is 155 Å². The van der Waals surface area contributed by atoms with E-state index < -0.39 is 0 Å². The Balaban J connectivity index is 2.72. The second-order valence-electron chi connectivity index (χ2n) is 5.33. The van der Waals surface area contributed by atoms with Gasteiger partial charge in [-0.15, -0.1) is 0 Å². The third kappa shape index (κ3) is 3.72. The normalized spacial score (nSPS) is 19.4. The summed E-state index contributed by atoms with van der Waals surface area (Å²) in [5.41, 5.74) is 4.76. The van der Waals surface area contributed by atoms with Crippen LogP contribution in [0.25, 0.3) is 11.1 Å². The van der Waals surface area contributed by atoms with Crippen LogP contribution in [0.15, 0.2) is 20.7 Å². The molecule has 2 rings (SSSR count). The van der Waals surface area contributed by atoms with Gasteiger partial charge in [0.15, 0.2) is 5.16 Å². The lowest BCUT2D eigenvalue weighted by molar-refractivity contribution is 0.718. The molecule has 0 aromatic carbocycles. The molecule has 3 nitrogen and oxygen atoms in total. The molecule has 0 bridgehead atoms. The highest BCUT2D eigenvalue weighted by molar-refractivity contribution is 9.12. The lowest BCUT2D eigenvalue weighted by Gasteiger charge is -2.24. The van der Waals surface area contributed by atoms with E-state index in [-0.39, 0.29) is 6.04 Å². The summed E-state index contributed by atoms with van der Waals surface area (Å²) in [5, 5.41) is 1.21. The highest BCUT2D eigenvalue weighted by Gasteiger charge is 2.29. The topological polar surface area (TPSA) is 38.1 Å². The maximum Gasteiger partial charge on any atom is 0.189 e. The molecule has 23 heavy (non-hydrogen) atoms. The van der Waals surface area contributed by atoms with Gasteiger partial charge in [0.1, 0.15) is 5.15 Å². The van der Waals surface area contributed by atoms with Crippen molar-refractivity contribution in [2.45, 2.75) is 52.2 Å². The number of aliphatic imine (C=N–C) groups is 1. The third-order valence-corrected chi connectivity index (χ3v) is 5.74. The molecule has 0 fully saturated rings. The molecule has 0 amide bonds. The van der Waals surface area contributed by atoms with Crippen LogP contribution in [-0.4, -0.2) is 27.5 Å². The zero-order chi connectivity index (χ0) is 17.1. The zero-order valence-corrected chi connectivity index (χ0v) is 17.2. The van der Waals surface area contributed by atoms with E-state index in [1.807, 2.05) is 19.9 Å². The van der Waals surface area contributed by atoms with E-state index >= 15 is 0 Å². The minimum Gasteiger partial charge on any atom is -0.281 e. The number of thioether (sulfide) groups is 1. The van der Waals surface area contributed by atoms with Crippen molar-refractivity contribution >= 4 is 56.2 Å². The number of aromatic nitrogens is 2. The summed E-state index contributed by atoms with van der Waals surface area (Å²) in [6.07, 6.45) is 3.03. The molecule has 0 saturated heterocycles. The Bertz CT molecular complexity index is 710. The van der Waals surface area contributed by atoms with Crippen molar-refractivity contribution in [3.05, 3.63) is 27.0 Å². The number of nitrogens with zero attached hydrogens (tertiary/aromatic N) is 3. The van der Waals surface area contributed by atoms with E-state index in [9.17, 15) is 0 Å². The SMILES string of the molecule is C/C=C1\C(=NC(C)CC)C(Br)=C(C)c2nc(SCC)nc(Cl)c21. The van der Waals surface area contributed by atoms with Crippen LogP contribution in [0.2, 0.25) is 5.15 Å². The predicted molar refractivity (Wildman–Crippen MR) is 106 cm³/mol. The van der Waals surface area contributed by atoms with E-state index in [1.165, 1.54) is 0 Å². The number of rotatable bonds is 4. The van der Waals surface area contributed by atoms with E-state index in [4.69, 9.17) is 21.6 Å². The molecule has 1 aliphatic carbocycles. The number of allylic oxidation sites excluding steroid dienone is 4. The fourth-order valence-electron chi connectivity index (χ4n) is 2.35. The second kappa shape index (κ2) is 7.95. The summed E-state index contributed by atoms with van der Waals surface area (Å²) < 4.78 is 0.987. The molecule has 6 heteroatoms. The van der Waals surface area contributed by atoms with Gasteiger partial charge in [-0.2, -0.15) is 0 Å². The summed E-state index contributed by atoms with van der Waals surface area (Å²) in [6.45, 7) is 10.4. The monoisotopic (exact) mass is 413 g/mol. The molecule has 1 aromatic rings. The number of fused-ring (bicyclic) bond motifs is 1. The van der Waals surface area contributed by atoms with Gasteiger partial charge < -0.3 is 0 Å². The maximum absolute atomic E-state index is 6.51. The van der Waals surface area contributed by atoms with Crippen molar-refractivity contribution < 1.29 is 0 Å². The van der Waals surface area contributed by atoms with Crippen molar-refractivity contribution in [1.29, 1.82) is 0 Å². The maximum atomic E-state index is 6.51. The molecule has 0 aliphatic heterocycles. The molecule has 0 radical (unpaired) electrons. The van der Waals surface area contributed by atoms with Crippen LogP contribution in [-0.2, 0) is 0 Å². The number of halogens is 2. The van der Waals surface area contributed by atoms with Gasteiger partial charge in [-0.3, -0.25) is 4.99 Å². The van der Waals surface area contributed by atoms with Gasteiger partial charge in [-0.25, -0.2) is 9.97 Å². The molecule has 1 heterocycles. The van der Waals surface area contributed by atoms with Crippen LogP contribution in [0.5, 0.6) is 0 Å². The van der Waals surface area contributed by atoms with Crippen LogP contribution in [0, 0.1) is 0 Å². The van der Waals surface area contributed by atoms with Gasteiger partial charge in [-0.1, -0.05) is 43.3 Å². The van der Waals surface area contributed by atoms with E-state index in [1.54, 1.807) is 11.8 Å². The summed E-state index contributed by atoms with van der Waals surface area (Å²) in [5.74, 6) is 0.913. The molecule has 0 N–H and O–H groups in total. The van der Waals surface area contributed by atoms with Crippen LogP contribution in [0.3, 0.4) is 0 Å². The first-order chi connectivity index (χ1) is 10.9. The fraction of sp³-hybridized carbons (Fsp3) is 0.471. The standard InChI is InChI=1S/C17H21BrClN3S/c1-6-9(4)20-15-11(7-2)12-14(10(5)13(15)18)21-17(23-8-3)22-16(12)19/h7,9H,6,8H2,1-5H3/b11-7-,20-15?. The van der Waals surface area contributed by atoms with Crippen molar-refractivity contribution in [2.75, 3.05) is 5.75 Å². The molecular formula is C17H21BrClN3S. The van der Waals surface area contributed by atoms with Gasteiger partial charge in [0, 0.05) is 21.7 Å². The zero-order valence-electron chi connectivity index (χ0n) is 14.1. The largest absolute Gasteiger partial charge is 0.281 e. The molecule has 1 aliphatic rings. The van der Waals surface area contributed by atoms with Gasteiger partial charge >= 0.3 is 0 Å². The summed E-state index contributed by atoms with van der Waals surface area (Å²) in [6, 6.07) is 0.247. The fourth-order valence-corrected chi connectivity index (χ4v) is 3.75. The molecule has 124 valence electrons. The average molecular weight is 415 g/mol. The minimum atomic E-state index is 0.247. The van der Waals surface area contributed by atoms with Gasteiger partial charge in [0.25, 0.3) is 0 Å². The van der Waals surface area contributed by atoms with Crippen LogP contribution in [0.1, 0.15) is 52.3 Å². The van der Waals surface area contributed by atoms with Gasteiger partial charge in [0.2, 0.25) is 0 Å². The van der Waals surface area contributed by atoms with Crippen molar-refractivity contribution in [3.63, 3.8) is 0 Å². The molecule has 0 spiro atoms. The Morgan fingerprint density at radius 2 is 2.04 bits per heavy atom. The summed E-state index contributed by atoms with van der Waals surface area (Å²) >= 11 is 11.8. The Morgan fingerprint density at radius 3 is 2.61 bits per heavy atom. The lowest BCUT2D eigenvalue weighted by atomic mass is 9.90. The number of hydrogen-bond donors (Lipinski definition) is 0. The van der Waals surface area contributed by atoms with E-state index in [2.05, 4.69) is 41.7 Å². The average Bonchev–Trinajstić information content (AvgIpc) is 2.53. The molecule has 1 atom stereocenters. The van der Waals surface area contributed by atoms with Crippen LogP contribution >= 0.6 is 39.3 Å². The third-order valence-electron chi connectivity index (χ3n) is 3.76. The summed E-state index contributed by atoms with van der Waals surface area (Å²) in [4.78, 5) is 14.0.